The van der Waals surface area contributed by atoms with Crippen molar-refractivity contribution in [2.75, 3.05) is 7.05 Å². The van der Waals surface area contributed by atoms with Crippen molar-refractivity contribution >= 4 is 5.71 Å². The van der Waals surface area contributed by atoms with Gasteiger partial charge in [0.1, 0.15) is 0 Å². The molecule has 7 atom stereocenters. The van der Waals surface area contributed by atoms with Crippen LogP contribution in [0.4, 0.5) is 0 Å². The van der Waals surface area contributed by atoms with Gasteiger partial charge >= 0.3 is 0 Å². The van der Waals surface area contributed by atoms with Crippen LogP contribution in [0.3, 0.4) is 0 Å². The molecule has 1 nitrogen and oxygen atoms in total. The average Bonchev–Trinajstić information content (AvgIpc) is 2.83. The molecule has 0 amide bonds. The van der Waals surface area contributed by atoms with E-state index in [1.165, 1.54) is 44.9 Å². The van der Waals surface area contributed by atoms with Crippen molar-refractivity contribution in [1.29, 1.82) is 0 Å². The average molecular weight is 287 g/mol. The Bertz CT molecular complexity index is 439. The van der Waals surface area contributed by atoms with Gasteiger partial charge in [0, 0.05) is 18.2 Å². The molecule has 1 heteroatoms. The van der Waals surface area contributed by atoms with Gasteiger partial charge in [-0.3, -0.25) is 4.99 Å². The van der Waals surface area contributed by atoms with Gasteiger partial charge in [-0.25, -0.2) is 0 Å². The van der Waals surface area contributed by atoms with Gasteiger partial charge in [0.25, 0.3) is 0 Å². The van der Waals surface area contributed by atoms with E-state index < -0.39 is 0 Å². The van der Waals surface area contributed by atoms with Crippen LogP contribution in [0, 0.1) is 40.9 Å². The minimum Gasteiger partial charge on any atom is -0.297 e. The van der Waals surface area contributed by atoms with Gasteiger partial charge in [-0.2, -0.15) is 0 Å². The Morgan fingerprint density at radius 1 is 0.952 bits per heavy atom. The highest BCUT2D eigenvalue weighted by Gasteiger charge is 2.55. The first-order chi connectivity index (χ1) is 10.1. The smallest absolute Gasteiger partial charge is 0.0276 e. The van der Waals surface area contributed by atoms with Crippen LogP contribution in [0.25, 0.3) is 0 Å². The molecule has 7 unspecified atom stereocenters. The molecule has 0 saturated heterocycles. The van der Waals surface area contributed by atoms with Gasteiger partial charge in [-0.15, -0.1) is 0 Å². The van der Waals surface area contributed by atoms with E-state index in [1.54, 1.807) is 18.6 Å². The fourth-order valence-corrected chi connectivity index (χ4v) is 7.24. The molecule has 0 aromatic carbocycles. The monoisotopic (exact) mass is 287 g/mol. The molecule has 4 aliphatic rings. The van der Waals surface area contributed by atoms with E-state index in [0.717, 1.165) is 35.5 Å². The summed E-state index contributed by atoms with van der Waals surface area (Å²) < 4.78 is 0. The van der Waals surface area contributed by atoms with Crippen LogP contribution in [-0.2, 0) is 0 Å². The zero-order chi connectivity index (χ0) is 14.6. The second-order valence-electron chi connectivity index (χ2n) is 9.02. The number of hydrogen-bond acceptors (Lipinski definition) is 1. The summed E-state index contributed by atoms with van der Waals surface area (Å²) in [5.74, 6) is 6.26. The molecule has 0 aliphatic heterocycles. The molecule has 0 radical (unpaired) electrons. The first-order valence-electron chi connectivity index (χ1n) is 9.59. The van der Waals surface area contributed by atoms with Gasteiger partial charge in [0.15, 0.2) is 0 Å². The Morgan fingerprint density at radius 3 is 2.57 bits per heavy atom. The largest absolute Gasteiger partial charge is 0.297 e. The van der Waals surface area contributed by atoms with Crippen molar-refractivity contribution in [3.05, 3.63) is 0 Å². The molecule has 0 N–H and O–H groups in total. The molecule has 4 fully saturated rings. The van der Waals surface area contributed by atoms with E-state index in [1.807, 2.05) is 7.05 Å². The fraction of sp³-hybridized carbons (Fsp3) is 0.950. The van der Waals surface area contributed by atoms with Crippen molar-refractivity contribution < 1.29 is 0 Å². The first-order valence-corrected chi connectivity index (χ1v) is 9.59. The summed E-state index contributed by atoms with van der Waals surface area (Å²) in [5.41, 5.74) is 2.04. The molecule has 0 bridgehead atoms. The Balaban J connectivity index is 1.58. The van der Waals surface area contributed by atoms with Crippen molar-refractivity contribution in [2.45, 2.75) is 71.6 Å². The highest BCUT2D eigenvalue weighted by Crippen LogP contribution is 2.61. The van der Waals surface area contributed by atoms with Crippen LogP contribution in [0.5, 0.6) is 0 Å². The van der Waals surface area contributed by atoms with E-state index in [2.05, 4.69) is 18.8 Å². The lowest BCUT2D eigenvalue weighted by Gasteiger charge is -2.55. The van der Waals surface area contributed by atoms with Crippen molar-refractivity contribution in [3.8, 4) is 0 Å². The van der Waals surface area contributed by atoms with Gasteiger partial charge < -0.3 is 0 Å². The van der Waals surface area contributed by atoms with E-state index in [0.29, 0.717) is 5.41 Å². The van der Waals surface area contributed by atoms with Crippen LogP contribution in [-0.4, -0.2) is 12.8 Å². The Hall–Kier alpha value is -0.330. The van der Waals surface area contributed by atoms with E-state index in [9.17, 15) is 0 Å². The van der Waals surface area contributed by atoms with Gasteiger partial charge in [0.05, 0.1) is 0 Å². The topological polar surface area (TPSA) is 12.4 Å². The molecular weight excluding hydrogens is 254 g/mol. The zero-order valence-electron chi connectivity index (χ0n) is 14.3. The minimum atomic E-state index is 0.477. The third-order valence-electron chi connectivity index (χ3n) is 8.23. The lowest BCUT2D eigenvalue weighted by Crippen LogP contribution is -2.48. The summed E-state index contributed by atoms with van der Waals surface area (Å²) in [7, 11) is 2.04. The van der Waals surface area contributed by atoms with E-state index in [4.69, 9.17) is 0 Å². The highest BCUT2D eigenvalue weighted by atomic mass is 14.8. The molecule has 0 heterocycles. The van der Waals surface area contributed by atoms with Gasteiger partial charge in [-0.1, -0.05) is 20.3 Å². The molecule has 0 aromatic heterocycles. The summed E-state index contributed by atoms with van der Waals surface area (Å²) in [5, 5.41) is 0. The van der Waals surface area contributed by atoms with E-state index in [-0.39, 0.29) is 0 Å². The number of rotatable bonds is 0. The molecule has 4 saturated carbocycles. The van der Waals surface area contributed by atoms with Crippen LogP contribution in [0.1, 0.15) is 71.6 Å². The van der Waals surface area contributed by atoms with Gasteiger partial charge in [-0.05, 0) is 86.9 Å². The number of hydrogen-bond donors (Lipinski definition) is 0. The predicted molar refractivity (Wildman–Crippen MR) is 89.6 cm³/mol. The predicted octanol–water partition coefficient (Wildman–Crippen LogP) is 5.35. The third-order valence-corrected chi connectivity index (χ3v) is 8.23. The Labute approximate surface area is 131 Å². The first kappa shape index (κ1) is 14.3. The summed E-state index contributed by atoms with van der Waals surface area (Å²) >= 11 is 0. The number of fused-ring (bicyclic) bond motifs is 5. The SMILES string of the molecule is CN=C1CCC2C3CCC4CC(C)CCC4C3CCC12C. The number of aliphatic imine (C=N–C) groups is 1. The highest BCUT2D eigenvalue weighted by molar-refractivity contribution is 5.92. The quantitative estimate of drug-likeness (QED) is 0.570. The van der Waals surface area contributed by atoms with Crippen molar-refractivity contribution in [1.82, 2.24) is 0 Å². The van der Waals surface area contributed by atoms with Crippen LogP contribution < -0.4 is 0 Å². The molecule has 4 rings (SSSR count). The maximum atomic E-state index is 4.69. The summed E-state index contributed by atoms with van der Waals surface area (Å²) in [6.45, 7) is 5.04. The van der Waals surface area contributed by atoms with Crippen molar-refractivity contribution in [2.24, 2.45) is 45.9 Å². The van der Waals surface area contributed by atoms with Crippen LogP contribution in [0.2, 0.25) is 0 Å². The normalized spacial score (nSPS) is 54.9. The maximum Gasteiger partial charge on any atom is 0.0276 e. The summed E-state index contributed by atoms with van der Waals surface area (Å²) in [6.07, 6.45) is 13.4. The molecule has 118 valence electrons. The van der Waals surface area contributed by atoms with Gasteiger partial charge in [0.2, 0.25) is 0 Å². The lowest BCUT2D eigenvalue weighted by molar-refractivity contribution is -0.0417. The zero-order valence-corrected chi connectivity index (χ0v) is 14.3. The molecule has 21 heavy (non-hydrogen) atoms. The maximum absolute atomic E-state index is 4.69. The second-order valence-corrected chi connectivity index (χ2v) is 9.02. The van der Waals surface area contributed by atoms with Crippen LogP contribution >= 0.6 is 0 Å². The second kappa shape index (κ2) is 5.10. The lowest BCUT2D eigenvalue weighted by atomic mass is 9.50. The Morgan fingerprint density at radius 2 is 1.76 bits per heavy atom. The summed E-state index contributed by atoms with van der Waals surface area (Å²) in [4.78, 5) is 4.69. The fourth-order valence-electron chi connectivity index (χ4n) is 7.24. The minimum absolute atomic E-state index is 0.477. The van der Waals surface area contributed by atoms with E-state index >= 15 is 0 Å². The Kier molecular flexibility index (Phi) is 3.47. The molecule has 0 aromatic rings. The standard InChI is InChI=1S/C20H33N/c1-13-4-6-15-14(12-13)5-7-17-16(15)10-11-20(2)18(17)8-9-19(20)21-3/h13-18H,4-12H2,1-3H3. The molecule has 4 aliphatic carbocycles. The summed E-state index contributed by atoms with van der Waals surface area (Å²) in [6, 6.07) is 0. The van der Waals surface area contributed by atoms with Crippen LogP contribution in [0.15, 0.2) is 4.99 Å². The van der Waals surface area contributed by atoms with Crippen molar-refractivity contribution in [3.63, 3.8) is 0 Å². The third kappa shape index (κ3) is 2.05. The number of nitrogens with zero attached hydrogens (tertiary/aromatic N) is 1. The molecule has 0 spiro atoms. The molecular formula is C20H33N.